The summed E-state index contributed by atoms with van der Waals surface area (Å²) < 4.78 is 0. The Morgan fingerprint density at radius 1 is 1.71 bits per heavy atom. The van der Waals surface area contributed by atoms with Crippen molar-refractivity contribution in [3.8, 4) is 0 Å². The fraction of sp³-hybridized carbons (Fsp3) is 0. The zero-order valence-electron chi connectivity index (χ0n) is 6.78. The highest BCUT2D eigenvalue weighted by Crippen LogP contribution is 2.11. The molecule has 0 saturated heterocycles. The number of nitrogens with zero attached hydrogens (tertiary/aromatic N) is 5. The molecule has 3 N–H and O–H groups in total. The lowest BCUT2D eigenvalue weighted by molar-refractivity contribution is 0.163. The molecule has 0 aliphatic carbocycles. The minimum absolute atomic E-state index is 0.0785. The minimum atomic E-state index is -0.879. The number of nitrogens with one attached hydrogen (secondary N) is 1. The maximum atomic E-state index is 10.6. The first-order valence-corrected chi connectivity index (χ1v) is 3.31. The lowest BCUT2D eigenvalue weighted by Crippen LogP contribution is -2.17. The van der Waals surface area contributed by atoms with E-state index in [2.05, 4.69) is 36.0 Å². The van der Waals surface area contributed by atoms with Crippen LogP contribution in [0.2, 0.25) is 0 Å². The number of azide groups is 1. The Morgan fingerprint density at radius 2 is 2.50 bits per heavy atom. The molecule has 0 aliphatic rings. The maximum absolute atomic E-state index is 10.6. The number of rotatable bonds is 2. The Bertz CT molecular complexity index is 385. The van der Waals surface area contributed by atoms with Crippen LogP contribution in [0.25, 0.3) is 10.4 Å². The molecular formula is C5H5N7O2. The molecule has 1 amide bonds. The summed E-state index contributed by atoms with van der Waals surface area (Å²) in [5.74, 6) is 4.78. The molecule has 0 aromatic carbocycles. The van der Waals surface area contributed by atoms with E-state index in [1.165, 1.54) is 6.07 Å². The number of amides is 1. The first kappa shape index (κ1) is 9.71. The summed E-state index contributed by atoms with van der Waals surface area (Å²) in [4.78, 5) is 24.2. The SMILES string of the molecule is [N-]=[N+]=Nc1cc(NC(=O)ON)ncn1. The predicted octanol–water partition coefficient (Wildman–Crippen LogP) is 0.841. The van der Waals surface area contributed by atoms with E-state index in [1.54, 1.807) is 0 Å². The van der Waals surface area contributed by atoms with E-state index in [9.17, 15) is 4.79 Å². The molecule has 0 unspecified atom stereocenters. The van der Waals surface area contributed by atoms with Crippen molar-refractivity contribution in [3.63, 3.8) is 0 Å². The lowest BCUT2D eigenvalue weighted by Gasteiger charge is -2.00. The number of carbonyl (C=O) groups excluding carboxylic acids is 1. The zero-order valence-corrected chi connectivity index (χ0v) is 6.78. The zero-order chi connectivity index (χ0) is 10.4. The average molecular weight is 195 g/mol. The van der Waals surface area contributed by atoms with E-state index < -0.39 is 6.09 Å². The van der Waals surface area contributed by atoms with Gasteiger partial charge in [0.05, 0.1) is 0 Å². The van der Waals surface area contributed by atoms with Gasteiger partial charge in [-0.3, -0.25) is 5.32 Å². The van der Waals surface area contributed by atoms with Gasteiger partial charge in [0.25, 0.3) is 0 Å². The lowest BCUT2D eigenvalue weighted by atomic mass is 10.5. The Hall–Kier alpha value is -2.38. The molecule has 14 heavy (non-hydrogen) atoms. The summed E-state index contributed by atoms with van der Waals surface area (Å²) in [5, 5.41) is 5.38. The van der Waals surface area contributed by atoms with Crippen LogP contribution in [0.1, 0.15) is 0 Å². The maximum Gasteiger partial charge on any atom is 0.431 e. The highest BCUT2D eigenvalue weighted by Gasteiger charge is 2.02. The van der Waals surface area contributed by atoms with Crippen molar-refractivity contribution in [2.24, 2.45) is 11.0 Å². The van der Waals surface area contributed by atoms with Crippen LogP contribution in [-0.2, 0) is 4.84 Å². The predicted molar refractivity (Wildman–Crippen MR) is 45.1 cm³/mol. The van der Waals surface area contributed by atoms with Crippen molar-refractivity contribution in [2.45, 2.75) is 0 Å². The van der Waals surface area contributed by atoms with Gasteiger partial charge in [0.2, 0.25) is 0 Å². The highest BCUT2D eigenvalue weighted by atomic mass is 16.7. The smallest absolute Gasteiger partial charge is 0.356 e. The molecule has 9 nitrogen and oxygen atoms in total. The van der Waals surface area contributed by atoms with Crippen molar-refractivity contribution in [2.75, 3.05) is 5.32 Å². The molecule has 1 heterocycles. The van der Waals surface area contributed by atoms with Gasteiger partial charge in [-0.1, -0.05) is 0 Å². The second-order valence-corrected chi connectivity index (χ2v) is 1.98. The Balaban J connectivity index is 2.83. The summed E-state index contributed by atoms with van der Waals surface area (Å²) in [6.45, 7) is 0. The average Bonchev–Trinajstić information content (AvgIpc) is 2.19. The Morgan fingerprint density at radius 3 is 3.14 bits per heavy atom. The molecule has 0 fully saturated rings. The van der Waals surface area contributed by atoms with Gasteiger partial charge in [-0.15, -0.1) is 0 Å². The van der Waals surface area contributed by atoms with E-state index in [4.69, 9.17) is 5.53 Å². The van der Waals surface area contributed by atoms with Gasteiger partial charge in [-0.2, -0.15) is 5.90 Å². The third-order valence-electron chi connectivity index (χ3n) is 1.14. The number of aromatic nitrogens is 2. The first-order valence-electron chi connectivity index (χ1n) is 3.31. The first-order chi connectivity index (χ1) is 6.76. The quantitative estimate of drug-likeness (QED) is 0.311. The molecule has 0 radical (unpaired) electrons. The Labute approximate surface area is 77.5 Å². The van der Waals surface area contributed by atoms with Gasteiger partial charge in [-0.25, -0.2) is 14.8 Å². The fourth-order valence-corrected chi connectivity index (χ4v) is 0.650. The second kappa shape index (κ2) is 4.60. The number of hydrogen-bond acceptors (Lipinski definition) is 6. The topological polar surface area (TPSA) is 139 Å². The monoisotopic (exact) mass is 195 g/mol. The fourth-order valence-electron chi connectivity index (χ4n) is 0.650. The van der Waals surface area contributed by atoms with Crippen molar-refractivity contribution < 1.29 is 9.63 Å². The molecule has 1 aromatic heterocycles. The number of anilines is 1. The van der Waals surface area contributed by atoms with Gasteiger partial charge in [0.15, 0.2) is 0 Å². The molecule has 72 valence electrons. The second-order valence-electron chi connectivity index (χ2n) is 1.98. The van der Waals surface area contributed by atoms with E-state index in [0.29, 0.717) is 0 Å². The summed E-state index contributed by atoms with van der Waals surface area (Å²) in [6, 6.07) is 1.26. The summed E-state index contributed by atoms with van der Waals surface area (Å²) in [5.41, 5.74) is 8.10. The molecule has 0 aliphatic heterocycles. The molecule has 0 spiro atoms. The third-order valence-corrected chi connectivity index (χ3v) is 1.14. The van der Waals surface area contributed by atoms with E-state index in [1.807, 2.05) is 0 Å². The van der Waals surface area contributed by atoms with E-state index in [0.717, 1.165) is 6.33 Å². The van der Waals surface area contributed by atoms with Crippen LogP contribution < -0.4 is 11.2 Å². The van der Waals surface area contributed by atoms with Gasteiger partial charge in [0.1, 0.15) is 18.0 Å². The molecule has 9 heteroatoms. The van der Waals surface area contributed by atoms with Crippen LogP contribution >= 0.6 is 0 Å². The molecule has 1 rings (SSSR count). The number of carbonyl (C=O) groups is 1. The van der Waals surface area contributed by atoms with Crippen LogP contribution in [0, 0.1) is 0 Å². The van der Waals surface area contributed by atoms with Crippen molar-refractivity contribution in [1.29, 1.82) is 0 Å². The van der Waals surface area contributed by atoms with Crippen LogP contribution in [-0.4, -0.2) is 16.1 Å². The van der Waals surface area contributed by atoms with Crippen LogP contribution in [0.15, 0.2) is 17.5 Å². The third kappa shape index (κ3) is 2.59. The van der Waals surface area contributed by atoms with E-state index in [-0.39, 0.29) is 11.6 Å². The minimum Gasteiger partial charge on any atom is -0.356 e. The molecule has 0 atom stereocenters. The van der Waals surface area contributed by atoms with Crippen molar-refractivity contribution in [1.82, 2.24) is 9.97 Å². The largest absolute Gasteiger partial charge is 0.431 e. The standard InChI is InChI=1S/C5H5N7O2/c6-12-11-4-1-3(8-2-9-4)10-5(13)14-7/h1-2H,7H2,(H,8,9,10,13). The molecule has 0 bridgehead atoms. The van der Waals surface area contributed by atoms with E-state index >= 15 is 0 Å². The Kier molecular flexibility index (Phi) is 3.19. The summed E-state index contributed by atoms with van der Waals surface area (Å²) in [6.07, 6.45) is 0.242. The van der Waals surface area contributed by atoms with Gasteiger partial charge in [0, 0.05) is 11.0 Å². The van der Waals surface area contributed by atoms with Gasteiger partial charge in [-0.05, 0) is 10.6 Å². The van der Waals surface area contributed by atoms with Crippen LogP contribution in [0.3, 0.4) is 0 Å². The highest BCUT2D eigenvalue weighted by molar-refractivity contribution is 5.83. The van der Waals surface area contributed by atoms with Gasteiger partial charge < -0.3 is 4.84 Å². The number of hydrogen-bond donors (Lipinski definition) is 2. The summed E-state index contributed by atoms with van der Waals surface area (Å²) >= 11 is 0. The van der Waals surface area contributed by atoms with Crippen molar-refractivity contribution >= 4 is 17.7 Å². The molecular weight excluding hydrogens is 190 g/mol. The van der Waals surface area contributed by atoms with Crippen molar-refractivity contribution in [3.05, 3.63) is 22.8 Å². The van der Waals surface area contributed by atoms with Gasteiger partial charge >= 0.3 is 6.09 Å². The van der Waals surface area contributed by atoms with Crippen LogP contribution in [0.5, 0.6) is 0 Å². The summed E-state index contributed by atoms with van der Waals surface area (Å²) in [7, 11) is 0. The molecule has 0 saturated carbocycles. The van der Waals surface area contributed by atoms with Crippen LogP contribution in [0.4, 0.5) is 16.4 Å². The number of nitrogens with two attached hydrogens (primary N) is 1. The molecule has 1 aromatic rings. The normalized spacial score (nSPS) is 8.64.